The molecule has 2 aromatic rings. The first-order valence-corrected chi connectivity index (χ1v) is 7.41. The van der Waals surface area contributed by atoms with Crippen molar-refractivity contribution in [2.24, 2.45) is 0 Å². The van der Waals surface area contributed by atoms with Crippen LogP contribution in [0.1, 0.15) is 33.2 Å². The third-order valence-electron chi connectivity index (χ3n) is 3.93. The summed E-state index contributed by atoms with van der Waals surface area (Å²) in [5.41, 5.74) is 1.84. The molecule has 0 radical (unpaired) electrons. The highest BCUT2D eigenvalue weighted by atomic mass is 16.5. The molecule has 1 unspecified atom stereocenters. The number of methoxy groups -OCH3 is 1. The highest BCUT2D eigenvalue weighted by Gasteiger charge is 2.37. The Morgan fingerprint density at radius 3 is 2.13 bits per heavy atom. The number of amides is 2. The van der Waals surface area contributed by atoms with Gasteiger partial charge in [0.25, 0.3) is 11.8 Å². The van der Waals surface area contributed by atoms with E-state index in [2.05, 4.69) is 0 Å². The smallest absolute Gasteiger partial charge is 0.262 e. The van der Waals surface area contributed by atoms with Crippen LogP contribution in [0.5, 0.6) is 5.75 Å². The fraction of sp³-hybridized carbons (Fsp3) is 0.158. The number of ether oxygens (including phenoxy) is 1. The first-order valence-electron chi connectivity index (χ1n) is 7.41. The number of hydrogen-bond donors (Lipinski definition) is 0. The van der Waals surface area contributed by atoms with Crippen LogP contribution in [-0.4, -0.2) is 29.9 Å². The van der Waals surface area contributed by atoms with Gasteiger partial charge in [-0.25, -0.2) is 0 Å². The van der Waals surface area contributed by atoms with Gasteiger partial charge in [0, 0.05) is 5.56 Å². The highest BCUT2D eigenvalue weighted by molar-refractivity contribution is 6.21. The molecule has 0 bridgehead atoms. The van der Waals surface area contributed by atoms with E-state index in [4.69, 9.17) is 4.74 Å². The van der Waals surface area contributed by atoms with Gasteiger partial charge in [-0.1, -0.05) is 42.5 Å². The average Bonchev–Trinajstić information content (AvgIpc) is 2.84. The quantitative estimate of drug-likeness (QED) is 0.813. The van der Waals surface area contributed by atoms with Crippen LogP contribution in [0, 0.1) is 0 Å². The number of para-hydroxylation sites is 1. The Balaban J connectivity index is 1.85. The van der Waals surface area contributed by atoms with E-state index in [-0.39, 0.29) is 17.9 Å². The lowest BCUT2D eigenvalue weighted by atomic mass is 10.1. The molecule has 4 heteroatoms. The van der Waals surface area contributed by atoms with Gasteiger partial charge in [0.15, 0.2) is 0 Å². The van der Waals surface area contributed by atoms with Gasteiger partial charge in [-0.15, -0.1) is 0 Å². The van der Waals surface area contributed by atoms with Gasteiger partial charge in [0.2, 0.25) is 0 Å². The molecular formula is C19H17NO3. The summed E-state index contributed by atoms with van der Waals surface area (Å²) >= 11 is 0. The van der Waals surface area contributed by atoms with Crippen LogP contribution in [0.15, 0.2) is 54.6 Å². The Morgan fingerprint density at radius 2 is 1.52 bits per heavy atom. The van der Waals surface area contributed by atoms with E-state index in [1.54, 1.807) is 31.4 Å². The monoisotopic (exact) mass is 307 g/mol. The summed E-state index contributed by atoms with van der Waals surface area (Å²) in [6.45, 7) is 1.83. The van der Waals surface area contributed by atoms with E-state index in [1.165, 1.54) is 4.90 Å². The summed E-state index contributed by atoms with van der Waals surface area (Å²) in [6, 6.07) is 14.2. The first kappa shape index (κ1) is 15.0. The van der Waals surface area contributed by atoms with Gasteiger partial charge in [0.1, 0.15) is 5.75 Å². The van der Waals surface area contributed by atoms with Crippen molar-refractivity contribution in [2.75, 3.05) is 7.11 Å². The molecule has 0 saturated carbocycles. The zero-order valence-electron chi connectivity index (χ0n) is 13.0. The summed E-state index contributed by atoms with van der Waals surface area (Å²) in [5.74, 6) is 0.254. The van der Waals surface area contributed by atoms with E-state index in [1.807, 2.05) is 43.3 Å². The van der Waals surface area contributed by atoms with Crippen molar-refractivity contribution in [1.82, 2.24) is 4.90 Å². The molecule has 1 aliphatic heterocycles. The molecule has 0 spiro atoms. The zero-order valence-corrected chi connectivity index (χ0v) is 13.0. The maximum Gasteiger partial charge on any atom is 0.262 e. The molecule has 0 saturated heterocycles. The second-order valence-electron chi connectivity index (χ2n) is 5.37. The normalized spacial score (nSPS) is 15.1. The lowest BCUT2D eigenvalue weighted by molar-refractivity contribution is 0.0626. The van der Waals surface area contributed by atoms with Crippen molar-refractivity contribution in [2.45, 2.75) is 13.0 Å². The Bertz CT molecular complexity index is 760. The van der Waals surface area contributed by atoms with Gasteiger partial charge in [0.05, 0.1) is 24.3 Å². The van der Waals surface area contributed by atoms with Crippen molar-refractivity contribution in [3.8, 4) is 5.75 Å². The van der Waals surface area contributed by atoms with Crippen LogP contribution < -0.4 is 4.74 Å². The summed E-state index contributed by atoms with van der Waals surface area (Å²) in [4.78, 5) is 26.1. The third kappa shape index (κ3) is 2.63. The van der Waals surface area contributed by atoms with Crippen LogP contribution in [-0.2, 0) is 0 Å². The van der Waals surface area contributed by atoms with Crippen molar-refractivity contribution >= 4 is 17.9 Å². The van der Waals surface area contributed by atoms with Crippen molar-refractivity contribution in [3.05, 3.63) is 71.3 Å². The maximum absolute atomic E-state index is 12.4. The van der Waals surface area contributed by atoms with E-state index < -0.39 is 0 Å². The summed E-state index contributed by atoms with van der Waals surface area (Å²) in [5, 5.41) is 0. The number of benzene rings is 2. The minimum Gasteiger partial charge on any atom is -0.496 e. The molecule has 2 aromatic carbocycles. The number of hydrogen-bond acceptors (Lipinski definition) is 3. The standard InChI is InChI=1S/C19H17NO3/c1-13(11-12-14-7-3-6-10-17(14)23-2)20-18(21)15-8-4-5-9-16(15)19(20)22/h3-13H,1-2H3/b12-11+. The molecule has 1 aliphatic rings. The molecule has 23 heavy (non-hydrogen) atoms. The Labute approximate surface area is 135 Å². The second-order valence-corrected chi connectivity index (χ2v) is 5.37. The maximum atomic E-state index is 12.4. The molecule has 116 valence electrons. The van der Waals surface area contributed by atoms with Gasteiger partial charge in [-0.3, -0.25) is 14.5 Å². The summed E-state index contributed by atoms with van der Waals surface area (Å²) in [7, 11) is 1.61. The molecule has 2 amide bonds. The average molecular weight is 307 g/mol. The highest BCUT2D eigenvalue weighted by Crippen LogP contribution is 2.25. The number of carbonyl (C=O) groups is 2. The lowest BCUT2D eigenvalue weighted by Crippen LogP contribution is -2.36. The van der Waals surface area contributed by atoms with E-state index in [0.717, 1.165) is 11.3 Å². The Hall–Kier alpha value is -2.88. The molecular weight excluding hydrogens is 290 g/mol. The molecule has 3 rings (SSSR count). The molecule has 1 heterocycles. The lowest BCUT2D eigenvalue weighted by Gasteiger charge is -2.19. The van der Waals surface area contributed by atoms with E-state index >= 15 is 0 Å². The van der Waals surface area contributed by atoms with Gasteiger partial charge < -0.3 is 4.74 Å². The topological polar surface area (TPSA) is 46.6 Å². The minimum absolute atomic E-state index is 0.247. The van der Waals surface area contributed by atoms with Gasteiger partial charge in [-0.2, -0.15) is 0 Å². The van der Waals surface area contributed by atoms with Gasteiger partial charge in [-0.05, 0) is 25.1 Å². The summed E-state index contributed by atoms with van der Waals surface area (Å²) < 4.78 is 5.30. The molecule has 0 fully saturated rings. The molecule has 0 N–H and O–H groups in total. The minimum atomic E-state index is -0.340. The number of carbonyl (C=O) groups excluding carboxylic acids is 2. The number of fused-ring (bicyclic) bond motifs is 1. The molecule has 4 nitrogen and oxygen atoms in total. The Kier molecular flexibility index (Phi) is 3.98. The fourth-order valence-electron chi connectivity index (χ4n) is 2.71. The SMILES string of the molecule is COc1ccccc1/C=C/C(C)N1C(=O)c2ccccc2C1=O. The molecule has 1 atom stereocenters. The molecule has 0 aromatic heterocycles. The molecule has 0 aliphatic carbocycles. The van der Waals surface area contributed by atoms with Crippen LogP contribution in [0.2, 0.25) is 0 Å². The zero-order chi connectivity index (χ0) is 16.4. The van der Waals surface area contributed by atoms with Crippen LogP contribution in [0.4, 0.5) is 0 Å². The predicted octanol–water partition coefficient (Wildman–Crippen LogP) is 3.39. The van der Waals surface area contributed by atoms with Crippen LogP contribution in [0.3, 0.4) is 0 Å². The third-order valence-corrected chi connectivity index (χ3v) is 3.93. The van der Waals surface area contributed by atoms with Gasteiger partial charge >= 0.3 is 0 Å². The predicted molar refractivity (Wildman–Crippen MR) is 88.4 cm³/mol. The fourth-order valence-corrected chi connectivity index (χ4v) is 2.71. The van der Waals surface area contributed by atoms with Crippen LogP contribution >= 0.6 is 0 Å². The van der Waals surface area contributed by atoms with Crippen LogP contribution in [0.25, 0.3) is 6.08 Å². The number of rotatable bonds is 4. The first-order chi connectivity index (χ1) is 11.1. The largest absolute Gasteiger partial charge is 0.496 e. The number of imide groups is 1. The van der Waals surface area contributed by atoms with Crippen molar-refractivity contribution in [3.63, 3.8) is 0 Å². The van der Waals surface area contributed by atoms with Crippen molar-refractivity contribution < 1.29 is 14.3 Å². The number of nitrogens with zero attached hydrogens (tertiary/aromatic N) is 1. The summed E-state index contributed by atoms with van der Waals surface area (Å²) in [6.07, 6.45) is 3.70. The van der Waals surface area contributed by atoms with E-state index in [9.17, 15) is 9.59 Å². The van der Waals surface area contributed by atoms with E-state index in [0.29, 0.717) is 11.1 Å². The van der Waals surface area contributed by atoms with Crippen molar-refractivity contribution in [1.29, 1.82) is 0 Å². The second kappa shape index (κ2) is 6.08. The Morgan fingerprint density at radius 1 is 0.957 bits per heavy atom.